The van der Waals surface area contributed by atoms with Crippen molar-refractivity contribution in [2.75, 3.05) is 10.6 Å². The van der Waals surface area contributed by atoms with Gasteiger partial charge in [0.15, 0.2) is 5.13 Å². The van der Waals surface area contributed by atoms with Gasteiger partial charge in [0.05, 0.1) is 27.7 Å². The number of carbonyl (C=O) groups excluding carboxylic acids is 2. The maximum atomic E-state index is 12.9. The predicted octanol–water partition coefficient (Wildman–Crippen LogP) is 3.83. The van der Waals surface area contributed by atoms with E-state index in [1.165, 1.54) is 18.3 Å². The molecule has 0 radical (unpaired) electrons. The van der Waals surface area contributed by atoms with Crippen LogP contribution >= 0.6 is 11.3 Å². The Balaban J connectivity index is 1.56. The maximum Gasteiger partial charge on any atom is 0.260 e. The minimum atomic E-state index is -0.245. The van der Waals surface area contributed by atoms with Crippen molar-refractivity contribution in [1.82, 2.24) is 14.8 Å². The van der Waals surface area contributed by atoms with E-state index in [2.05, 4.69) is 20.7 Å². The summed E-state index contributed by atoms with van der Waals surface area (Å²) in [7, 11) is 1.83. The first-order valence-electron chi connectivity index (χ1n) is 9.04. The minimum absolute atomic E-state index is 0.134. The number of amides is 2. The minimum Gasteiger partial charge on any atom is -0.326 e. The lowest BCUT2D eigenvalue weighted by Crippen LogP contribution is -2.14. The molecule has 0 aliphatic heterocycles. The van der Waals surface area contributed by atoms with Gasteiger partial charge in [0.1, 0.15) is 0 Å². The van der Waals surface area contributed by atoms with Crippen molar-refractivity contribution in [2.24, 2.45) is 7.05 Å². The summed E-state index contributed by atoms with van der Waals surface area (Å²) in [6, 6.07) is 15.4. The Kier molecular flexibility index (Phi) is 5.09. The van der Waals surface area contributed by atoms with Gasteiger partial charge in [0.2, 0.25) is 5.91 Å². The second-order valence-corrected chi connectivity index (χ2v) is 7.66. The summed E-state index contributed by atoms with van der Waals surface area (Å²) >= 11 is 1.36. The second kappa shape index (κ2) is 7.84. The Morgan fingerprint density at radius 3 is 2.66 bits per heavy atom. The summed E-state index contributed by atoms with van der Waals surface area (Å²) < 4.78 is 2.60. The van der Waals surface area contributed by atoms with Gasteiger partial charge >= 0.3 is 0 Å². The number of aromatic nitrogens is 3. The molecular formula is C21H19N5O2S. The zero-order chi connectivity index (χ0) is 20.4. The van der Waals surface area contributed by atoms with E-state index in [9.17, 15) is 9.59 Å². The van der Waals surface area contributed by atoms with Crippen molar-refractivity contribution in [2.45, 2.75) is 13.3 Å². The maximum absolute atomic E-state index is 12.9. The number of thiazole rings is 1. The van der Waals surface area contributed by atoms with Crippen LogP contribution in [0.25, 0.3) is 10.2 Å². The normalized spacial score (nSPS) is 10.8. The summed E-state index contributed by atoms with van der Waals surface area (Å²) in [4.78, 5) is 28.6. The topological polar surface area (TPSA) is 88.9 Å². The molecule has 2 N–H and O–H groups in total. The van der Waals surface area contributed by atoms with Gasteiger partial charge in [-0.3, -0.25) is 19.6 Å². The van der Waals surface area contributed by atoms with Gasteiger partial charge in [-0.15, -0.1) is 0 Å². The number of nitrogens with zero attached hydrogens (tertiary/aromatic N) is 3. The van der Waals surface area contributed by atoms with Crippen LogP contribution in [0.15, 0.2) is 54.7 Å². The van der Waals surface area contributed by atoms with Crippen LogP contribution in [0.5, 0.6) is 0 Å². The van der Waals surface area contributed by atoms with Crippen LogP contribution in [-0.4, -0.2) is 26.6 Å². The number of carbonyl (C=O) groups is 2. The molecule has 4 rings (SSSR count). The molecule has 2 amide bonds. The van der Waals surface area contributed by atoms with Crippen molar-refractivity contribution in [3.8, 4) is 0 Å². The first kappa shape index (κ1) is 18.8. The molecule has 0 atom stereocenters. The fourth-order valence-corrected chi connectivity index (χ4v) is 3.98. The highest BCUT2D eigenvalue weighted by Crippen LogP contribution is 2.29. The van der Waals surface area contributed by atoms with E-state index < -0.39 is 0 Å². The van der Waals surface area contributed by atoms with E-state index in [1.54, 1.807) is 16.9 Å². The van der Waals surface area contributed by atoms with E-state index in [4.69, 9.17) is 0 Å². The van der Waals surface area contributed by atoms with Crippen LogP contribution in [-0.2, 0) is 18.3 Å². The number of hydrogen-bond donors (Lipinski definition) is 2. The highest BCUT2D eigenvalue weighted by atomic mass is 32.1. The standard InChI is InChI=1S/C21H19N5O2S/c1-13(27)23-15-8-9-17-19(11-15)29-21(24-17)25-20(28)16-12-22-26(2)18(16)10-14-6-4-3-5-7-14/h3-9,11-12H,10H2,1-2H3,(H,23,27)(H,24,25,28). The first-order valence-corrected chi connectivity index (χ1v) is 9.85. The predicted molar refractivity (Wildman–Crippen MR) is 114 cm³/mol. The molecule has 146 valence electrons. The fourth-order valence-electron chi connectivity index (χ4n) is 3.07. The molecule has 2 heterocycles. The largest absolute Gasteiger partial charge is 0.326 e. The van der Waals surface area contributed by atoms with Gasteiger partial charge in [-0.2, -0.15) is 5.10 Å². The first-order chi connectivity index (χ1) is 14.0. The number of fused-ring (bicyclic) bond motifs is 1. The van der Waals surface area contributed by atoms with E-state index in [1.807, 2.05) is 49.5 Å². The molecule has 2 aromatic heterocycles. The average Bonchev–Trinajstić information content (AvgIpc) is 3.25. The highest BCUT2D eigenvalue weighted by Gasteiger charge is 2.18. The molecule has 0 fully saturated rings. The lowest BCUT2D eigenvalue weighted by Gasteiger charge is -2.06. The van der Waals surface area contributed by atoms with Gasteiger partial charge in [-0.05, 0) is 23.8 Å². The zero-order valence-electron chi connectivity index (χ0n) is 16.0. The van der Waals surface area contributed by atoms with Crippen molar-refractivity contribution < 1.29 is 9.59 Å². The number of aryl methyl sites for hydroxylation is 1. The quantitative estimate of drug-likeness (QED) is 0.528. The molecule has 0 spiro atoms. The Labute approximate surface area is 171 Å². The van der Waals surface area contributed by atoms with E-state index >= 15 is 0 Å². The third-order valence-corrected chi connectivity index (χ3v) is 5.38. The number of anilines is 2. The molecule has 0 saturated heterocycles. The molecule has 4 aromatic rings. The van der Waals surface area contributed by atoms with E-state index in [-0.39, 0.29) is 11.8 Å². The molecule has 0 saturated carbocycles. The fraction of sp³-hybridized carbons (Fsp3) is 0.143. The summed E-state index contributed by atoms with van der Waals surface area (Å²) in [6.07, 6.45) is 2.19. The monoisotopic (exact) mass is 405 g/mol. The Morgan fingerprint density at radius 2 is 1.90 bits per heavy atom. The summed E-state index contributed by atoms with van der Waals surface area (Å²) in [5.74, 6) is -0.380. The lowest BCUT2D eigenvalue weighted by molar-refractivity contribution is -0.114. The number of hydrogen-bond acceptors (Lipinski definition) is 5. The van der Waals surface area contributed by atoms with Gasteiger partial charge < -0.3 is 5.32 Å². The highest BCUT2D eigenvalue weighted by molar-refractivity contribution is 7.22. The average molecular weight is 405 g/mol. The molecule has 2 aromatic carbocycles. The van der Waals surface area contributed by atoms with E-state index in [0.29, 0.717) is 22.8 Å². The van der Waals surface area contributed by atoms with Gasteiger partial charge in [0, 0.05) is 26.1 Å². The summed E-state index contributed by atoms with van der Waals surface area (Å²) in [5, 5.41) is 10.4. The Hall–Kier alpha value is -3.52. The number of nitrogens with one attached hydrogen (secondary N) is 2. The SMILES string of the molecule is CC(=O)Nc1ccc2nc(NC(=O)c3cnn(C)c3Cc3ccccc3)sc2c1. The van der Waals surface area contributed by atoms with Gasteiger partial charge in [-0.1, -0.05) is 41.7 Å². The van der Waals surface area contributed by atoms with Crippen molar-refractivity contribution in [1.29, 1.82) is 0 Å². The second-order valence-electron chi connectivity index (χ2n) is 6.63. The number of benzene rings is 2. The van der Waals surface area contributed by atoms with Crippen LogP contribution in [0.2, 0.25) is 0 Å². The molecule has 8 heteroatoms. The van der Waals surface area contributed by atoms with Gasteiger partial charge in [0.25, 0.3) is 5.91 Å². The molecule has 0 unspecified atom stereocenters. The molecule has 29 heavy (non-hydrogen) atoms. The lowest BCUT2D eigenvalue weighted by atomic mass is 10.1. The molecular weight excluding hydrogens is 386 g/mol. The van der Waals surface area contributed by atoms with Crippen LogP contribution < -0.4 is 10.6 Å². The molecule has 0 aliphatic rings. The Bertz CT molecular complexity index is 1200. The van der Waals surface area contributed by atoms with Crippen molar-refractivity contribution >= 4 is 44.2 Å². The van der Waals surface area contributed by atoms with E-state index in [0.717, 1.165) is 21.5 Å². The third kappa shape index (κ3) is 4.17. The smallest absolute Gasteiger partial charge is 0.260 e. The number of rotatable bonds is 5. The molecule has 7 nitrogen and oxygen atoms in total. The van der Waals surface area contributed by atoms with Crippen LogP contribution in [0.3, 0.4) is 0 Å². The van der Waals surface area contributed by atoms with Crippen LogP contribution in [0, 0.1) is 0 Å². The van der Waals surface area contributed by atoms with Crippen LogP contribution in [0.4, 0.5) is 10.8 Å². The summed E-state index contributed by atoms with van der Waals surface area (Å²) in [5.41, 5.74) is 3.92. The summed E-state index contributed by atoms with van der Waals surface area (Å²) in [6.45, 7) is 1.46. The molecule has 0 aliphatic carbocycles. The third-order valence-electron chi connectivity index (χ3n) is 4.45. The zero-order valence-corrected chi connectivity index (χ0v) is 16.8. The van der Waals surface area contributed by atoms with Crippen molar-refractivity contribution in [3.63, 3.8) is 0 Å². The molecule has 0 bridgehead atoms. The van der Waals surface area contributed by atoms with Crippen molar-refractivity contribution in [3.05, 3.63) is 71.5 Å². The van der Waals surface area contributed by atoms with Crippen LogP contribution in [0.1, 0.15) is 28.5 Å². The van der Waals surface area contributed by atoms with Gasteiger partial charge in [-0.25, -0.2) is 4.98 Å². The Morgan fingerprint density at radius 1 is 1.10 bits per heavy atom.